The van der Waals surface area contributed by atoms with Crippen LogP contribution in [0.15, 0.2) is 135 Å². The number of rotatable bonds is 16. The Morgan fingerprint density at radius 1 is 0.831 bits per heavy atom. The number of piperazine rings is 1. The molecule has 2 N–H and O–H groups in total. The number of piperidine rings is 2. The summed E-state index contributed by atoms with van der Waals surface area (Å²) in [5.74, 6) is 2.08. The van der Waals surface area contributed by atoms with E-state index in [0.717, 1.165) is 167 Å². The van der Waals surface area contributed by atoms with Crippen LogP contribution in [0.2, 0.25) is 0 Å². The summed E-state index contributed by atoms with van der Waals surface area (Å²) in [5, 5.41) is 11.1. The molecule has 3 fully saturated rings. The standard InChI is InChI=1S/C66H74FN9S/c1-10-60-55(24-26-65(70-60)75-32-29-51-15-13-18-54(58(51)41-75)46(6)69-66-71-61-19-11-12-20-64(61)77-66)53-17-14-16-52(45(53)5)37-42(2)21-23-50-27-30-72(31-28-50)40-44(4)73-33-35-74(36-34-73)63-39-57-49(9)76(48(8)56(57)38-59(63)67)62-25-22-43(3)68-47(62)7/h10-20,24,26,38-39,42,50,62,68H,1,3-4,6-9,21-23,25,27-37,40-41H2,2,5H3,(H,69,71)/t42-,62?/m0/s1. The second kappa shape index (κ2) is 22.0. The fourth-order valence-electron chi connectivity index (χ4n) is 12.7. The molecule has 0 spiro atoms. The topological polar surface area (TPSA) is 67.7 Å². The third kappa shape index (κ3) is 10.6. The van der Waals surface area contributed by atoms with E-state index in [1.165, 1.54) is 59.2 Å². The van der Waals surface area contributed by atoms with Crippen LogP contribution in [0.3, 0.4) is 0 Å². The van der Waals surface area contributed by atoms with Gasteiger partial charge in [-0.2, -0.15) is 0 Å². The summed E-state index contributed by atoms with van der Waals surface area (Å²) in [5.41, 5.74) is 15.3. The van der Waals surface area contributed by atoms with Gasteiger partial charge in [-0.05, 0) is 141 Å². The highest BCUT2D eigenvalue weighted by Gasteiger charge is 2.28. The van der Waals surface area contributed by atoms with Crippen molar-refractivity contribution in [3.8, 4) is 11.1 Å². The lowest BCUT2D eigenvalue weighted by Gasteiger charge is -2.40. The minimum absolute atomic E-state index is 0.00517. The summed E-state index contributed by atoms with van der Waals surface area (Å²) in [4.78, 5) is 19.6. The number of fused-ring (bicyclic) bond motifs is 3. The molecule has 4 aromatic carbocycles. The summed E-state index contributed by atoms with van der Waals surface area (Å²) in [6.07, 6.45) is 10.6. The van der Waals surface area contributed by atoms with E-state index in [1.807, 2.05) is 24.3 Å². The number of aromatic nitrogens is 3. The van der Waals surface area contributed by atoms with Crippen molar-refractivity contribution in [3.63, 3.8) is 0 Å². The fraction of sp³-hybridized carbons (Fsp3) is 0.333. The molecule has 77 heavy (non-hydrogen) atoms. The van der Waals surface area contributed by atoms with Gasteiger partial charge in [-0.15, -0.1) is 0 Å². The zero-order valence-electron chi connectivity index (χ0n) is 45.3. The lowest BCUT2D eigenvalue weighted by atomic mass is 9.85. The van der Waals surface area contributed by atoms with Gasteiger partial charge in [0.1, 0.15) is 11.6 Å². The van der Waals surface area contributed by atoms with Gasteiger partial charge in [0.25, 0.3) is 0 Å². The van der Waals surface area contributed by atoms with Crippen LogP contribution in [-0.2, 0) is 19.4 Å². The Kier molecular flexibility index (Phi) is 14.8. The smallest absolute Gasteiger partial charge is 0.188 e. The Hall–Kier alpha value is -7.21. The number of halogens is 1. The Morgan fingerprint density at radius 2 is 1.60 bits per heavy atom. The molecule has 396 valence electrons. The predicted molar refractivity (Wildman–Crippen MR) is 324 cm³/mol. The SMILES string of the molecule is C=Cc1nc(N2CCc3cccc(C(=C)Nc4nc5ccccc5s4)c3C2)ccc1-c1cccc(C[C@@H](C)CCC2CCN(CC(=C)N3CCN(c4cc5c(=C)n(C6CCC(=C)NC6=C)c(=C)c5cc4F)CC3)CC2)c1C. The Bertz CT molecular complexity index is 3520. The van der Waals surface area contributed by atoms with Crippen molar-refractivity contribution in [2.24, 2.45) is 11.8 Å². The molecule has 11 rings (SSSR count). The number of anilines is 3. The van der Waals surface area contributed by atoms with Crippen LogP contribution < -0.4 is 31.1 Å². The molecule has 0 saturated carbocycles. The number of nitrogens with one attached hydrogen (secondary N) is 2. The summed E-state index contributed by atoms with van der Waals surface area (Å²) in [7, 11) is 0. The molecule has 3 aromatic heterocycles. The first kappa shape index (κ1) is 51.9. The van der Waals surface area contributed by atoms with E-state index in [-0.39, 0.29) is 11.9 Å². The Labute approximate surface area is 458 Å². The van der Waals surface area contributed by atoms with Crippen LogP contribution >= 0.6 is 11.3 Å². The third-order valence-corrected chi connectivity index (χ3v) is 18.1. The molecule has 9 nitrogen and oxygen atoms in total. The molecule has 0 radical (unpaired) electrons. The van der Waals surface area contributed by atoms with Gasteiger partial charge in [-0.3, -0.25) is 4.90 Å². The van der Waals surface area contributed by atoms with Crippen LogP contribution in [-0.4, -0.2) is 76.7 Å². The molecular formula is C66H74FN9S. The van der Waals surface area contributed by atoms with Crippen LogP contribution in [0.4, 0.5) is 21.0 Å². The molecule has 0 aliphatic carbocycles. The molecule has 3 saturated heterocycles. The minimum atomic E-state index is -0.214. The molecule has 0 amide bonds. The number of pyridine rings is 1. The summed E-state index contributed by atoms with van der Waals surface area (Å²) >= 11 is 1.65. The van der Waals surface area contributed by atoms with E-state index in [2.05, 4.69) is 155 Å². The lowest BCUT2D eigenvalue weighted by molar-refractivity contribution is 0.170. The fourth-order valence-corrected chi connectivity index (χ4v) is 13.6. The number of likely N-dealkylation sites (tertiary alicyclic amines) is 1. The first-order valence-electron chi connectivity index (χ1n) is 27.7. The van der Waals surface area contributed by atoms with Crippen molar-refractivity contribution >= 4 is 73.9 Å². The average Bonchev–Trinajstić information content (AvgIpc) is 4.11. The van der Waals surface area contributed by atoms with Gasteiger partial charge in [0, 0.05) is 101 Å². The van der Waals surface area contributed by atoms with Gasteiger partial charge in [-0.25, -0.2) is 14.4 Å². The largest absolute Gasteiger partial charge is 0.371 e. The number of hydrogen-bond donors (Lipinski definition) is 2. The Morgan fingerprint density at radius 3 is 2.36 bits per heavy atom. The number of nitrogens with zero attached hydrogens (tertiary/aromatic N) is 7. The van der Waals surface area contributed by atoms with Crippen LogP contribution in [0.1, 0.15) is 85.0 Å². The maximum Gasteiger partial charge on any atom is 0.188 e. The zero-order valence-corrected chi connectivity index (χ0v) is 46.1. The van der Waals surface area contributed by atoms with Crippen molar-refractivity contribution in [1.82, 2.24) is 29.7 Å². The van der Waals surface area contributed by atoms with Gasteiger partial charge in [0.2, 0.25) is 0 Å². The van der Waals surface area contributed by atoms with E-state index in [0.29, 0.717) is 11.6 Å². The lowest BCUT2D eigenvalue weighted by Crippen LogP contribution is -2.48. The number of benzene rings is 4. The summed E-state index contributed by atoms with van der Waals surface area (Å²) in [6.45, 7) is 43.0. The molecule has 0 bridgehead atoms. The normalized spacial score (nSPS) is 17.9. The van der Waals surface area contributed by atoms with Gasteiger partial charge in [-0.1, -0.05) is 126 Å². The Balaban J connectivity index is 0.648. The summed E-state index contributed by atoms with van der Waals surface area (Å²) in [6, 6.07) is 29.6. The van der Waals surface area contributed by atoms with Gasteiger partial charge in [0.05, 0.1) is 27.6 Å². The van der Waals surface area contributed by atoms with E-state index < -0.39 is 0 Å². The summed E-state index contributed by atoms with van der Waals surface area (Å²) < 4.78 is 19.1. The van der Waals surface area contributed by atoms with E-state index in [1.54, 1.807) is 17.4 Å². The van der Waals surface area contributed by atoms with Crippen molar-refractivity contribution in [2.75, 3.05) is 67.5 Å². The van der Waals surface area contributed by atoms with Crippen LogP contribution in [0.25, 0.3) is 57.0 Å². The second-order valence-electron chi connectivity index (χ2n) is 22.2. The van der Waals surface area contributed by atoms with Crippen molar-refractivity contribution in [2.45, 2.75) is 77.8 Å². The van der Waals surface area contributed by atoms with Gasteiger partial charge in [0.15, 0.2) is 5.13 Å². The predicted octanol–water partition coefficient (Wildman–Crippen LogP) is 12.8. The van der Waals surface area contributed by atoms with Gasteiger partial charge >= 0.3 is 0 Å². The number of thiazole rings is 1. The molecule has 11 heteroatoms. The van der Waals surface area contributed by atoms with Gasteiger partial charge < -0.3 is 29.9 Å². The highest BCUT2D eigenvalue weighted by Crippen LogP contribution is 2.37. The average molecular weight is 1040 g/mol. The molecule has 1 unspecified atom stereocenters. The second-order valence-corrected chi connectivity index (χ2v) is 23.2. The quantitative estimate of drug-likeness (QED) is 0.0992. The highest BCUT2D eigenvalue weighted by atomic mass is 32.1. The maximum atomic E-state index is 15.9. The number of allylic oxidation sites excluding steroid dienone is 2. The molecule has 4 aliphatic rings. The molecule has 7 aromatic rings. The highest BCUT2D eigenvalue weighted by molar-refractivity contribution is 7.22. The molecule has 2 atom stereocenters. The van der Waals surface area contributed by atoms with Crippen LogP contribution in [0, 0.1) is 24.6 Å². The van der Waals surface area contributed by atoms with E-state index in [4.69, 9.17) is 9.97 Å². The first-order chi connectivity index (χ1) is 37.3. The van der Waals surface area contributed by atoms with Crippen molar-refractivity contribution in [3.05, 3.63) is 185 Å². The minimum Gasteiger partial charge on any atom is -0.371 e. The monoisotopic (exact) mass is 1040 g/mol. The first-order valence-corrected chi connectivity index (χ1v) is 28.6. The van der Waals surface area contributed by atoms with Crippen LogP contribution in [0.5, 0.6) is 0 Å². The molecule has 7 heterocycles. The molecule has 4 aliphatic heterocycles. The van der Waals surface area contributed by atoms with Crippen molar-refractivity contribution in [1.29, 1.82) is 0 Å². The number of hydrogen-bond acceptors (Lipinski definition) is 9. The number of para-hydroxylation sites is 1. The van der Waals surface area contributed by atoms with E-state index in [9.17, 15) is 0 Å². The third-order valence-electron chi connectivity index (χ3n) is 17.2. The van der Waals surface area contributed by atoms with Crippen molar-refractivity contribution < 1.29 is 4.39 Å². The maximum absolute atomic E-state index is 15.9. The van der Waals surface area contributed by atoms with E-state index >= 15 is 4.39 Å². The zero-order chi connectivity index (χ0) is 53.5. The molecular weight excluding hydrogens is 970 g/mol.